The monoisotopic (exact) mass is 547 g/mol. The SMILES string of the molecule is CCC(C)C(NC(=O)C(CC(O)C(N)COCc1cccc2ccccc12)C(C)C)C(=O)NCc1ccccc1. The van der Waals surface area contributed by atoms with Crippen molar-refractivity contribution >= 4 is 22.6 Å². The second-order valence-corrected chi connectivity index (χ2v) is 11.0. The van der Waals surface area contributed by atoms with E-state index in [9.17, 15) is 14.7 Å². The zero-order valence-electron chi connectivity index (χ0n) is 24.2. The lowest BCUT2D eigenvalue weighted by Gasteiger charge is -2.29. The average molecular weight is 548 g/mol. The lowest BCUT2D eigenvalue weighted by atomic mass is 9.86. The molecule has 0 heterocycles. The van der Waals surface area contributed by atoms with Gasteiger partial charge in [-0.1, -0.05) is 107 Å². The number of nitrogens with two attached hydrogens (primary N) is 1. The molecule has 0 aliphatic carbocycles. The third kappa shape index (κ3) is 8.88. The minimum Gasteiger partial charge on any atom is -0.391 e. The first-order valence-electron chi connectivity index (χ1n) is 14.3. The number of hydrogen-bond donors (Lipinski definition) is 4. The molecule has 0 bridgehead atoms. The maximum atomic E-state index is 13.4. The highest BCUT2D eigenvalue weighted by Crippen LogP contribution is 2.22. The van der Waals surface area contributed by atoms with Crippen LogP contribution < -0.4 is 16.4 Å². The van der Waals surface area contributed by atoms with E-state index >= 15 is 0 Å². The standard InChI is InChI=1S/C33H45N3O4/c1-5-23(4)31(33(39)35-19-24-12-7-6-8-13-24)36-32(38)28(22(2)3)18-30(37)29(34)21-40-20-26-16-11-15-25-14-9-10-17-27(25)26/h6-17,22-23,28-31,37H,5,18-21,34H2,1-4H3,(H,35,39)(H,36,38). The van der Waals surface area contributed by atoms with Gasteiger partial charge in [-0.2, -0.15) is 0 Å². The molecule has 40 heavy (non-hydrogen) atoms. The summed E-state index contributed by atoms with van der Waals surface area (Å²) in [5, 5.41) is 19.1. The number of nitrogens with one attached hydrogen (secondary N) is 2. The summed E-state index contributed by atoms with van der Waals surface area (Å²) >= 11 is 0. The molecule has 0 spiro atoms. The van der Waals surface area contributed by atoms with Gasteiger partial charge in [-0.3, -0.25) is 9.59 Å². The molecule has 0 aliphatic heterocycles. The predicted molar refractivity (Wildman–Crippen MR) is 160 cm³/mol. The first kappa shape index (κ1) is 31.3. The van der Waals surface area contributed by atoms with E-state index < -0.39 is 24.1 Å². The lowest BCUT2D eigenvalue weighted by Crippen LogP contribution is -2.52. The van der Waals surface area contributed by atoms with Crippen molar-refractivity contribution in [3.05, 3.63) is 83.9 Å². The van der Waals surface area contributed by atoms with Gasteiger partial charge in [-0.05, 0) is 40.2 Å². The number of aliphatic hydroxyl groups excluding tert-OH is 1. The molecule has 5 unspecified atom stereocenters. The maximum Gasteiger partial charge on any atom is 0.243 e. The van der Waals surface area contributed by atoms with Crippen molar-refractivity contribution in [2.24, 2.45) is 23.5 Å². The third-order valence-corrected chi connectivity index (χ3v) is 7.68. The van der Waals surface area contributed by atoms with Crippen molar-refractivity contribution in [3.8, 4) is 0 Å². The van der Waals surface area contributed by atoms with Gasteiger partial charge in [0.15, 0.2) is 0 Å². The smallest absolute Gasteiger partial charge is 0.243 e. The average Bonchev–Trinajstić information content (AvgIpc) is 2.97. The van der Waals surface area contributed by atoms with Gasteiger partial charge in [-0.15, -0.1) is 0 Å². The van der Waals surface area contributed by atoms with Gasteiger partial charge < -0.3 is 26.2 Å². The summed E-state index contributed by atoms with van der Waals surface area (Å²) in [6, 6.07) is 22.5. The molecule has 3 aromatic carbocycles. The number of benzene rings is 3. The summed E-state index contributed by atoms with van der Waals surface area (Å²) in [4.78, 5) is 26.5. The lowest BCUT2D eigenvalue weighted by molar-refractivity contribution is -0.134. The van der Waals surface area contributed by atoms with Crippen LogP contribution in [0.25, 0.3) is 10.8 Å². The summed E-state index contributed by atoms with van der Waals surface area (Å²) < 4.78 is 5.88. The van der Waals surface area contributed by atoms with Gasteiger partial charge in [0.25, 0.3) is 0 Å². The number of carbonyl (C=O) groups excluding carboxylic acids is 2. The Bertz CT molecular complexity index is 1210. The number of hydrogen-bond acceptors (Lipinski definition) is 5. The third-order valence-electron chi connectivity index (χ3n) is 7.68. The number of ether oxygens (including phenoxy) is 1. The topological polar surface area (TPSA) is 114 Å². The summed E-state index contributed by atoms with van der Waals surface area (Å²) in [7, 11) is 0. The van der Waals surface area contributed by atoms with Crippen LogP contribution in [0.4, 0.5) is 0 Å². The number of carbonyl (C=O) groups is 2. The van der Waals surface area contributed by atoms with Crippen LogP contribution in [0, 0.1) is 17.8 Å². The zero-order valence-corrected chi connectivity index (χ0v) is 24.2. The van der Waals surface area contributed by atoms with Crippen molar-refractivity contribution in [1.29, 1.82) is 0 Å². The fourth-order valence-electron chi connectivity index (χ4n) is 4.81. The number of fused-ring (bicyclic) bond motifs is 1. The van der Waals surface area contributed by atoms with E-state index in [2.05, 4.69) is 28.8 Å². The second-order valence-electron chi connectivity index (χ2n) is 11.0. The van der Waals surface area contributed by atoms with Crippen LogP contribution in [0.1, 0.15) is 51.7 Å². The Hall–Kier alpha value is -3.26. The van der Waals surface area contributed by atoms with Gasteiger partial charge >= 0.3 is 0 Å². The number of aliphatic hydroxyl groups is 1. The normalized spacial score (nSPS) is 15.3. The highest BCUT2D eigenvalue weighted by Gasteiger charge is 2.32. The van der Waals surface area contributed by atoms with E-state index in [4.69, 9.17) is 10.5 Å². The molecule has 216 valence electrons. The fraction of sp³-hybridized carbons (Fsp3) is 0.455. The highest BCUT2D eigenvalue weighted by atomic mass is 16.5. The minimum atomic E-state index is -0.931. The molecule has 7 nitrogen and oxygen atoms in total. The van der Waals surface area contributed by atoms with Crippen LogP contribution in [0.5, 0.6) is 0 Å². The molecule has 2 amide bonds. The minimum absolute atomic E-state index is 0.0524. The Kier molecular flexibility index (Phi) is 12.1. The molecule has 0 fully saturated rings. The van der Waals surface area contributed by atoms with E-state index in [1.54, 1.807) is 0 Å². The number of amides is 2. The molecule has 0 aromatic heterocycles. The van der Waals surface area contributed by atoms with Crippen molar-refractivity contribution in [3.63, 3.8) is 0 Å². The van der Waals surface area contributed by atoms with Crippen LogP contribution in [-0.4, -0.2) is 41.7 Å². The molecule has 3 rings (SSSR count). The summed E-state index contributed by atoms with van der Waals surface area (Å²) in [6.07, 6.45) is -0.0155. The first-order valence-corrected chi connectivity index (χ1v) is 14.3. The molecule has 0 saturated heterocycles. The highest BCUT2D eigenvalue weighted by molar-refractivity contribution is 5.89. The van der Waals surface area contributed by atoms with Gasteiger partial charge in [0.2, 0.25) is 11.8 Å². The van der Waals surface area contributed by atoms with Crippen LogP contribution in [0.2, 0.25) is 0 Å². The molecular weight excluding hydrogens is 502 g/mol. The predicted octanol–water partition coefficient (Wildman–Crippen LogP) is 4.55. The summed E-state index contributed by atoms with van der Waals surface area (Å²) in [6.45, 7) is 8.76. The van der Waals surface area contributed by atoms with Crippen LogP contribution in [0.15, 0.2) is 72.8 Å². The zero-order chi connectivity index (χ0) is 29.1. The van der Waals surface area contributed by atoms with E-state index in [0.717, 1.165) is 28.3 Å². The van der Waals surface area contributed by atoms with E-state index in [-0.39, 0.29) is 36.7 Å². The van der Waals surface area contributed by atoms with Crippen LogP contribution in [0.3, 0.4) is 0 Å². The Morgan fingerprint density at radius 1 is 0.925 bits per heavy atom. The Labute approximate surface area is 238 Å². The van der Waals surface area contributed by atoms with Gasteiger partial charge in [0, 0.05) is 12.5 Å². The summed E-state index contributed by atoms with van der Waals surface area (Å²) in [5.74, 6) is -1.08. The van der Waals surface area contributed by atoms with Crippen LogP contribution >= 0.6 is 0 Å². The summed E-state index contributed by atoms with van der Waals surface area (Å²) in [5.41, 5.74) is 8.33. The van der Waals surface area contributed by atoms with Gasteiger partial charge in [0.1, 0.15) is 6.04 Å². The molecule has 0 aliphatic rings. The molecular formula is C33H45N3O4. The Morgan fingerprint density at radius 2 is 1.60 bits per heavy atom. The van der Waals surface area contributed by atoms with Crippen molar-refractivity contribution in [2.75, 3.05) is 6.61 Å². The Balaban J connectivity index is 1.56. The molecule has 5 atom stereocenters. The number of rotatable bonds is 15. The van der Waals surface area contributed by atoms with E-state index in [0.29, 0.717) is 13.2 Å². The maximum absolute atomic E-state index is 13.4. The molecule has 5 N–H and O–H groups in total. The molecule has 7 heteroatoms. The fourth-order valence-corrected chi connectivity index (χ4v) is 4.81. The molecule has 0 radical (unpaired) electrons. The second kappa shape index (κ2) is 15.5. The Morgan fingerprint density at radius 3 is 2.30 bits per heavy atom. The van der Waals surface area contributed by atoms with Crippen molar-refractivity contribution in [1.82, 2.24) is 10.6 Å². The van der Waals surface area contributed by atoms with Crippen molar-refractivity contribution in [2.45, 2.75) is 71.9 Å². The molecule has 3 aromatic rings. The van der Waals surface area contributed by atoms with Crippen molar-refractivity contribution < 1.29 is 19.4 Å². The van der Waals surface area contributed by atoms with Crippen LogP contribution in [-0.2, 0) is 27.5 Å². The van der Waals surface area contributed by atoms with Gasteiger partial charge in [0.05, 0.1) is 25.4 Å². The van der Waals surface area contributed by atoms with E-state index in [1.807, 2.05) is 82.3 Å². The first-order chi connectivity index (χ1) is 19.2. The van der Waals surface area contributed by atoms with E-state index in [1.165, 1.54) is 0 Å². The quantitative estimate of drug-likeness (QED) is 0.223. The van der Waals surface area contributed by atoms with Gasteiger partial charge in [-0.25, -0.2) is 0 Å². The molecule has 0 saturated carbocycles. The largest absolute Gasteiger partial charge is 0.391 e.